The van der Waals surface area contributed by atoms with E-state index in [2.05, 4.69) is 20.9 Å². The van der Waals surface area contributed by atoms with E-state index in [9.17, 15) is 4.39 Å². The highest BCUT2D eigenvalue weighted by atomic mass is 79.9. The van der Waals surface area contributed by atoms with Crippen LogP contribution in [0.3, 0.4) is 0 Å². The van der Waals surface area contributed by atoms with Gasteiger partial charge in [0, 0.05) is 10.2 Å². The summed E-state index contributed by atoms with van der Waals surface area (Å²) in [4.78, 5) is 4.30. The van der Waals surface area contributed by atoms with Crippen molar-refractivity contribution >= 4 is 32.7 Å². The summed E-state index contributed by atoms with van der Waals surface area (Å²) in [5.74, 6) is -0.0530. The Morgan fingerprint density at radius 3 is 2.83 bits per heavy atom. The topological polar surface area (TPSA) is 52.0 Å². The number of benzene rings is 2. The minimum atomic E-state index is -0.373. The molecule has 2 N–H and O–H groups in total. The van der Waals surface area contributed by atoms with Crippen molar-refractivity contribution in [3.8, 4) is 11.5 Å². The monoisotopic (exact) mass is 306 g/mol. The Hall–Kier alpha value is -1.88. The van der Waals surface area contributed by atoms with E-state index in [1.165, 1.54) is 18.2 Å². The van der Waals surface area contributed by atoms with Crippen molar-refractivity contribution in [2.24, 2.45) is 0 Å². The number of rotatable bonds is 1. The van der Waals surface area contributed by atoms with Crippen molar-refractivity contribution in [2.75, 3.05) is 5.73 Å². The SMILES string of the molecule is Nc1ccc(F)cc1-c1nc2cc(Br)ccc2o1. The molecule has 0 radical (unpaired) electrons. The summed E-state index contributed by atoms with van der Waals surface area (Å²) in [5.41, 5.74) is 8.02. The van der Waals surface area contributed by atoms with Gasteiger partial charge in [0.25, 0.3) is 0 Å². The minimum Gasteiger partial charge on any atom is -0.436 e. The van der Waals surface area contributed by atoms with Gasteiger partial charge in [0.05, 0.1) is 5.56 Å². The number of aromatic nitrogens is 1. The molecule has 3 nitrogen and oxygen atoms in total. The molecule has 0 saturated carbocycles. The molecule has 18 heavy (non-hydrogen) atoms. The van der Waals surface area contributed by atoms with Crippen LogP contribution in [0, 0.1) is 5.82 Å². The van der Waals surface area contributed by atoms with E-state index < -0.39 is 0 Å². The Morgan fingerprint density at radius 2 is 2.00 bits per heavy atom. The van der Waals surface area contributed by atoms with Gasteiger partial charge in [0.2, 0.25) is 5.89 Å². The fourth-order valence-corrected chi connectivity index (χ4v) is 2.08. The third-order valence-electron chi connectivity index (χ3n) is 2.60. The first-order valence-corrected chi connectivity index (χ1v) is 6.04. The summed E-state index contributed by atoms with van der Waals surface area (Å²) in [5, 5.41) is 0. The fraction of sp³-hybridized carbons (Fsp3) is 0. The summed E-state index contributed by atoms with van der Waals surface area (Å²) >= 11 is 3.36. The maximum Gasteiger partial charge on any atom is 0.229 e. The second-order valence-corrected chi connectivity index (χ2v) is 4.78. The number of nitrogen functional groups attached to an aromatic ring is 1. The van der Waals surface area contributed by atoms with E-state index in [-0.39, 0.29) is 5.82 Å². The molecule has 0 spiro atoms. The van der Waals surface area contributed by atoms with Gasteiger partial charge in [-0.15, -0.1) is 0 Å². The van der Waals surface area contributed by atoms with E-state index >= 15 is 0 Å². The quantitative estimate of drug-likeness (QED) is 0.692. The number of nitrogens with two attached hydrogens (primary N) is 1. The van der Waals surface area contributed by atoms with E-state index in [1.54, 1.807) is 6.07 Å². The van der Waals surface area contributed by atoms with Crippen LogP contribution < -0.4 is 5.73 Å². The van der Waals surface area contributed by atoms with Crippen molar-refractivity contribution in [1.29, 1.82) is 0 Å². The van der Waals surface area contributed by atoms with Crippen molar-refractivity contribution in [2.45, 2.75) is 0 Å². The van der Waals surface area contributed by atoms with Crippen LogP contribution in [0.4, 0.5) is 10.1 Å². The van der Waals surface area contributed by atoms with E-state index in [0.29, 0.717) is 28.2 Å². The molecular formula is C13H8BrFN2O. The predicted octanol–water partition coefficient (Wildman–Crippen LogP) is 3.98. The van der Waals surface area contributed by atoms with Crippen LogP contribution >= 0.6 is 15.9 Å². The van der Waals surface area contributed by atoms with Crippen LogP contribution in [0.2, 0.25) is 0 Å². The zero-order chi connectivity index (χ0) is 12.7. The van der Waals surface area contributed by atoms with Crippen LogP contribution in [0.15, 0.2) is 45.3 Å². The molecule has 5 heteroatoms. The number of hydrogen-bond donors (Lipinski definition) is 1. The van der Waals surface area contributed by atoms with Crippen LogP contribution in [0.25, 0.3) is 22.6 Å². The second kappa shape index (κ2) is 4.10. The first kappa shape index (κ1) is 11.2. The zero-order valence-corrected chi connectivity index (χ0v) is 10.7. The van der Waals surface area contributed by atoms with Crippen molar-refractivity contribution in [3.63, 3.8) is 0 Å². The van der Waals surface area contributed by atoms with Gasteiger partial charge in [-0.1, -0.05) is 15.9 Å². The molecule has 1 heterocycles. The number of anilines is 1. The Morgan fingerprint density at radius 1 is 1.17 bits per heavy atom. The van der Waals surface area contributed by atoms with Gasteiger partial charge in [0.15, 0.2) is 5.58 Å². The highest BCUT2D eigenvalue weighted by Gasteiger charge is 2.12. The first-order valence-electron chi connectivity index (χ1n) is 5.25. The molecule has 0 bridgehead atoms. The summed E-state index contributed by atoms with van der Waals surface area (Å²) in [7, 11) is 0. The molecule has 1 aromatic heterocycles. The maximum atomic E-state index is 13.2. The third-order valence-corrected chi connectivity index (χ3v) is 3.09. The summed E-state index contributed by atoms with van der Waals surface area (Å²) < 4.78 is 19.7. The standard InChI is InChI=1S/C13H8BrFN2O/c14-7-1-4-12-11(5-7)17-13(18-12)9-6-8(15)2-3-10(9)16/h1-6H,16H2. The number of halogens is 2. The highest BCUT2D eigenvalue weighted by molar-refractivity contribution is 9.10. The molecule has 0 aliphatic rings. The Balaban J connectivity index is 2.22. The predicted molar refractivity (Wildman–Crippen MR) is 71.5 cm³/mol. The van der Waals surface area contributed by atoms with Gasteiger partial charge < -0.3 is 10.2 Å². The molecule has 0 aliphatic carbocycles. The molecule has 0 aliphatic heterocycles. The summed E-state index contributed by atoms with van der Waals surface area (Å²) in [6.07, 6.45) is 0. The zero-order valence-electron chi connectivity index (χ0n) is 9.15. The van der Waals surface area contributed by atoms with Crippen LogP contribution in [0.5, 0.6) is 0 Å². The minimum absolute atomic E-state index is 0.320. The average Bonchev–Trinajstić information content (AvgIpc) is 2.74. The largest absolute Gasteiger partial charge is 0.436 e. The number of oxazole rings is 1. The lowest BCUT2D eigenvalue weighted by atomic mass is 10.2. The molecule has 0 fully saturated rings. The van der Waals surface area contributed by atoms with E-state index in [1.807, 2.05) is 12.1 Å². The van der Waals surface area contributed by atoms with Gasteiger partial charge in [-0.05, 0) is 36.4 Å². The van der Waals surface area contributed by atoms with Crippen LogP contribution in [-0.2, 0) is 0 Å². The summed E-state index contributed by atoms with van der Waals surface area (Å²) in [6.45, 7) is 0. The molecular weight excluding hydrogens is 299 g/mol. The lowest BCUT2D eigenvalue weighted by Crippen LogP contribution is -1.90. The molecule has 0 amide bonds. The van der Waals surface area contributed by atoms with Crippen molar-refractivity contribution in [1.82, 2.24) is 4.98 Å². The Bertz CT molecular complexity index is 739. The molecule has 90 valence electrons. The summed E-state index contributed by atoms with van der Waals surface area (Å²) in [6, 6.07) is 9.60. The lowest BCUT2D eigenvalue weighted by Gasteiger charge is -2.00. The molecule has 0 atom stereocenters. The molecule has 0 unspecified atom stereocenters. The normalized spacial score (nSPS) is 11.0. The van der Waals surface area contributed by atoms with Gasteiger partial charge in [-0.3, -0.25) is 0 Å². The van der Waals surface area contributed by atoms with E-state index in [4.69, 9.17) is 10.2 Å². The van der Waals surface area contributed by atoms with E-state index in [0.717, 1.165) is 4.47 Å². The number of fused-ring (bicyclic) bond motifs is 1. The van der Waals surface area contributed by atoms with Gasteiger partial charge in [-0.2, -0.15) is 0 Å². The fourth-order valence-electron chi connectivity index (χ4n) is 1.73. The van der Waals surface area contributed by atoms with Crippen molar-refractivity contribution < 1.29 is 8.81 Å². The highest BCUT2D eigenvalue weighted by Crippen LogP contribution is 2.30. The maximum absolute atomic E-state index is 13.2. The van der Waals surface area contributed by atoms with Crippen LogP contribution in [-0.4, -0.2) is 4.98 Å². The first-order chi connectivity index (χ1) is 8.63. The Kier molecular flexibility index (Phi) is 2.56. The van der Waals surface area contributed by atoms with Crippen LogP contribution in [0.1, 0.15) is 0 Å². The number of nitrogens with zero attached hydrogens (tertiary/aromatic N) is 1. The lowest BCUT2D eigenvalue weighted by molar-refractivity contribution is 0.611. The van der Waals surface area contributed by atoms with Gasteiger partial charge in [-0.25, -0.2) is 9.37 Å². The van der Waals surface area contributed by atoms with Crippen molar-refractivity contribution in [3.05, 3.63) is 46.7 Å². The Labute approximate surface area is 111 Å². The smallest absolute Gasteiger partial charge is 0.229 e. The molecule has 3 aromatic rings. The van der Waals surface area contributed by atoms with Gasteiger partial charge >= 0.3 is 0 Å². The average molecular weight is 307 g/mol. The number of hydrogen-bond acceptors (Lipinski definition) is 3. The molecule has 2 aromatic carbocycles. The third kappa shape index (κ3) is 1.86. The van der Waals surface area contributed by atoms with Gasteiger partial charge in [0.1, 0.15) is 11.3 Å². The molecule has 3 rings (SSSR count). The second-order valence-electron chi connectivity index (χ2n) is 3.86. The molecule has 0 saturated heterocycles.